The van der Waals surface area contributed by atoms with Crippen LogP contribution in [0.15, 0.2) is 0 Å². The molecule has 0 spiro atoms. The quantitative estimate of drug-likeness (QED) is 0.598. The largest absolute Gasteiger partial charge is 0.384 e. The van der Waals surface area contributed by atoms with Gasteiger partial charge in [0.25, 0.3) is 0 Å². The Balaban J connectivity index is 5.20. The number of hydrogen-bond acceptors (Lipinski definition) is 2. The normalized spacial score (nSPS) is 13.1. The molecule has 0 atom stereocenters. The molecule has 2 heteroatoms. The Hall–Kier alpha value is -0.0800. The number of hydrogen-bond donors (Lipinski definition) is 0. The molecule has 0 amide bonds. The van der Waals surface area contributed by atoms with Crippen molar-refractivity contribution in [3.05, 3.63) is 0 Å². The fraction of sp³-hybridized carbons (Fsp3) is 1.00. The van der Waals surface area contributed by atoms with Crippen LogP contribution in [0, 0.1) is 10.8 Å². The average molecular weight is 230 g/mol. The van der Waals surface area contributed by atoms with Gasteiger partial charge in [0, 0.05) is 25.0 Å². The molecular formula is C14H30O2. The second-order valence-corrected chi connectivity index (χ2v) is 4.84. The van der Waals surface area contributed by atoms with E-state index in [2.05, 4.69) is 27.7 Å². The van der Waals surface area contributed by atoms with E-state index in [0.29, 0.717) is 0 Å². The first-order valence-electron chi connectivity index (χ1n) is 6.59. The van der Waals surface area contributed by atoms with Crippen LogP contribution in [0.1, 0.15) is 53.4 Å². The van der Waals surface area contributed by atoms with Crippen LogP contribution in [0.3, 0.4) is 0 Å². The third-order valence-corrected chi connectivity index (χ3v) is 4.67. The highest BCUT2D eigenvalue weighted by Gasteiger charge is 2.46. The highest BCUT2D eigenvalue weighted by atomic mass is 16.5. The molecular weight excluding hydrogens is 200 g/mol. The van der Waals surface area contributed by atoms with Crippen molar-refractivity contribution in [2.75, 3.05) is 27.4 Å². The summed E-state index contributed by atoms with van der Waals surface area (Å²) >= 11 is 0. The Morgan fingerprint density at radius 3 is 1.00 bits per heavy atom. The summed E-state index contributed by atoms with van der Waals surface area (Å²) in [5, 5.41) is 0. The van der Waals surface area contributed by atoms with Crippen molar-refractivity contribution in [2.45, 2.75) is 53.4 Å². The molecule has 0 aromatic heterocycles. The van der Waals surface area contributed by atoms with E-state index in [4.69, 9.17) is 9.47 Å². The van der Waals surface area contributed by atoms with Crippen LogP contribution in [0.25, 0.3) is 0 Å². The summed E-state index contributed by atoms with van der Waals surface area (Å²) in [5.74, 6) is 0. The minimum absolute atomic E-state index is 0.251. The summed E-state index contributed by atoms with van der Waals surface area (Å²) in [6.45, 7) is 10.8. The Bertz CT molecular complexity index is 150. The van der Waals surface area contributed by atoms with Crippen molar-refractivity contribution < 1.29 is 9.47 Å². The lowest BCUT2D eigenvalue weighted by atomic mass is 9.58. The van der Waals surface area contributed by atoms with Gasteiger partial charge in [-0.25, -0.2) is 0 Å². The van der Waals surface area contributed by atoms with Crippen molar-refractivity contribution in [1.29, 1.82) is 0 Å². The van der Waals surface area contributed by atoms with E-state index in [0.717, 1.165) is 38.9 Å². The van der Waals surface area contributed by atoms with Crippen LogP contribution in [0.4, 0.5) is 0 Å². The molecule has 0 aromatic rings. The Kier molecular flexibility index (Phi) is 7.25. The third-order valence-electron chi connectivity index (χ3n) is 4.67. The molecule has 0 saturated carbocycles. The van der Waals surface area contributed by atoms with Crippen molar-refractivity contribution in [3.63, 3.8) is 0 Å². The molecule has 0 aliphatic rings. The summed E-state index contributed by atoms with van der Waals surface area (Å²) in [6.07, 6.45) is 4.62. The molecule has 0 aromatic carbocycles. The van der Waals surface area contributed by atoms with E-state index in [1.165, 1.54) is 0 Å². The van der Waals surface area contributed by atoms with E-state index in [1.54, 1.807) is 0 Å². The Labute approximate surface area is 102 Å². The number of ether oxygens (including phenoxy) is 2. The van der Waals surface area contributed by atoms with E-state index in [-0.39, 0.29) is 10.8 Å². The minimum Gasteiger partial charge on any atom is -0.384 e. The van der Waals surface area contributed by atoms with Gasteiger partial charge >= 0.3 is 0 Å². The fourth-order valence-corrected chi connectivity index (χ4v) is 3.27. The molecule has 0 unspecified atom stereocenters. The second-order valence-electron chi connectivity index (χ2n) is 4.84. The molecule has 0 rings (SSSR count). The molecule has 0 N–H and O–H groups in total. The monoisotopic (exact) mass is 230 g/mol. The maximum Gasteiger partial charge on any atom is 0.0524 e. The van der Waals surface area contributed by atoms with Gasteiger partial charge in [-0.3, -0.25) is 0 Å². The minimum atomic E-state index is 0.251. The van der Waals surface area contributed by atoms with Crippen molar-refractivity contribution in [1.82, 2.24) is 0 Å². The van der Waals surface area contributed by atoms with Crippen LogP contribution in [-0.2, 0) is 9.47 Å². The Morgan fingerprint density at radius 1 is 0.625 bits per heavy atom. The lowest BCUT2D eigenvalue weighted by Crippen LogP contribution is -2.47. The molecule has 0 fully saturated rings. The molecule has 0 heterocycles. The fourth-order valence-electron chi connectivity index (χ4n) is 3.27. The van der Waals surface area contributed by atoms with Crippen LogP contribution in [0.2, 0.25) is 0 Å². The van der Waals surface area contributed by atoms with Crippen molar-refractivity contribution in [3.8, 4) is 0 Å². The summed E-state index contributed by atoms with van der Waals surface area (Å²) < 4.78 is 11.0. The molecule has 0 bridgehead atoms. The van der Waals surface area contributed by atoms with Gasteiger partial charge in [0.15, 0.2) is 0 Å². The molecule has 0 saturated heterocycles. The van der Waals surface area contributed by atoms with Gasteiger partial charge in [-0.1, -0.05) is 27.7 Å². The molecule has 98 valence electrons. The zero-order valence-electron chi connectivity index (χ0n) is 12.1. The number of rotatable bonds is 9. The smallest absolute Gasteiger partial charge is 0.0524 e. The lowest BCUT2D eigenvalue weighted by molar-refractivity contribution is -0.0876. The van der Waals surface area contributed by atoms with Gasteiger partial charge < -0.3 is 9.47 Å². The molecule has 0 aliphatic heterocycles. The third kappa shape index (κ3) is 2.78. The van der Waals surface area contributed by atoms with E-state index < -0.39 is 0 Å². The SMILES string of the molecule is CCC(CC)(COC)C(CC)(CC)COC. The van der Waals surface area contributed by atoms with Gasteiger partial charge in [-0.05, 0) is 25.7 Å². The molecule has 0 aliphatic carbocycles. The number of methoxy groups -OCH3 is 2. The van der Waals surface area contributed by atoms with Crippen LogP contribution < -0.4 is 0 Å². The van der Waals surface area contributed by atoms with Gasteiger partial charge in [0.05, 0.1) is 13.2 Å². The standard InChI is InChI=1S/C14H30O2/c1-7-13(8-2,11-15-5)14(9-3,10-4)12-16-6/h7-12H2,1-6H3. The van der Waals surface area contributed by atoms with Crippen molar-refractivity contribution in [2.24, 2.45) is 10.8 Å². The van der Waals surface area contributed by atoms with E-state index in [9.17, 15) is 0 Å². The summed E-state index contributed by atoms with van der Waals surface area (Å²) in [4.78, 5) is 0. The first kappa shape index (κ1) is 15.9. The topological polar surface area (TPSA) is 18.5 Å². The second kappa shape index (κ2) is 7.29. The van der Waals surface area contributed by atoms with E-state index >= 15 is 0 Å². The maximum atomic E-state index is 5.49. The predicted molar refractivity (Wildman–Crippen MR) is 69.8 cm³/mol. The van der Waals surface area contributed by atoms with Crippen LogP contribution in [0.5, 0.6) is 0 Å². The maximum absolute atomic E-state index is 5.49. The van der Waals surface area contributed by atoms with Crippen LogP contribution >= 0.6 is 0 Å². The van der Waals surface area contributed by atoms with Crippen LogP contribution in [-0.4, -0.2) is 27.4 Å². The van der Waals surface area contributed by atoms with Gasteiger partial charge in [-0.15, -0.1) is 0 Å². The van der Waals surface area contributed by atoms with Gasteiger partial charge in [-0.2, -0.15) is 0 Å². The van der Waals surface area contributed by atoms with E-state index in [1.807, 2.05) is 14.2 Å². The van der Waals surface area contributed by atoms with Crippen molar-refractivity contribution >= 4 is 0 Å². The predicted octanol–water partition coefficient (Wildman–Crippen LogP) is 3.89. The molecule has 0 radical (unpaired) electrons. The highest BCUT2D eigenvalue weighted by Crippen LogP contribution is 2.50. The average Bonchev–Trinajstić information content (AvgIpc) is 2.33. The zero-order valence-corrected chi connectivity index (χ0v) is 12.1. The summed E-state index contributed by atoms with van der Waals surface area (Å²) in [5.41, 5.74) is 0.503. The lowest BCUT2D eigenvalue weighted by Gasteiger charge is -2.49. The van der Waals surface area contributed by atoms with Gasteiger partial charge in [0.2, 0.25) is 0 Å². The Morgan fingerprint density at radius 2 is 0.875 bits per heavy atom. The zero-order chi connectivity index (χ0) is 12.7. The highest BCUT2D eigenvalue weighted by molar-refractivity contribution is 4.95. The summed E-state index contributed by atoms with van der Waals surface area (Å²) in [6, 6.07) is 0. The summed E-state index contributed by atoms with van der Waals surface area (Å²) in [7, 11) is 3.62. The first-order chi connectivity index (χ1) is 7.61. The first-order valence-corrected chi connectivity index (χ1v) is 6.59. The molecule has 2 nitrogen and oxygen atoms in total. The molecule has 16 heavy (non-hydrogen) atoms. The van der Waals surface area contributed by atoms with Gasteiger partial charge in [0.1, 0.15) is 0 Å².